The molecule has 1 amide bonds. The molecule has 1 aliphatic heterocycles. The zero-order valence-electron chi connectivity index (χ0n) is 14.1. The first-order valence-electron chi connectivity index (χ1n) is 8.45. The number of morpholine rings is 1. The van der Waals surface area contributed by atoms with E-state index >= 15 is 0 Å². The monoisotopic (exact) mass is 361 g/mol. The largest absolute Gasteiger partial charge is 0.395 e. The van der Waals surface area contributed by atoms with Crippen LogP contribution in [-0.2, 0) is 17.8 Å². The summed E-state index contributed by atoms with van der Waals surface area (Å²) >= 11 is 1.51. The maximum absolute atomic E-state index is 12.8. The molecule has 1 fully saturated rings. The van der Waals surface area contributed by atoms with E-state index in [1.165, 1.54) is 11.3 Å². The van der Waals surface area contributed by atoms with Crippen molar-refractivity contribution in [1.29, 1.82) is 0 Å². The standard InChI is InChI=1S/C18H23N3O3S/c22-9-6-21(12-15-4-2-1-3-5-15)18(23)16-14-25-17(19-16)13-20-7-10-24-11-8-20/h1-5,14,22H,6-13H2. The lowest BCUT2D eigenvalue weighted by atomic mass is 10.2. The average Bonchev–Trinajstić information content (AvgIpc) is 3.11. The smallest absolute Gasteiger partial charge is 0.273 e. The third-order valence-electron chi connectivity index (χ3n) is 4.11. The van der Waals surface area contributed by atoms with Gasteiger partial charge in [0.25, 0.3) is 5.91 Å². The maximum atomic E-state index is 12.8. The zero-order chi connectivity index (χ0) is 17.5. The summed E-state index contributed by atoms with van der Waals surface area (Å²) in [5, 5.41) is 12.1. The maximum Gasteiger partial charge on any atom is 0.273 e. The predicted molar refractivity (Wildman–Crippen MR) is 96.5 cm³/mol. The molecule has 6 nitrogen and oxygen atoms in total. The number of hydrogen-bond donors (Lipinski definition) is 1. The van der Waals surface area contributed by atoms with Crippen LogP contribution < -0.4 is 0 Å². The fraction of sp³-hybridized carbons (Fsp3) is 0.444. The van der Waals surface area contributed by atoms with Gasteiger partial charge in [-0.3, -0.25) is 9.69 Å². The van der Waals surface area contributed by atoms with Crippen LogP contribution in [0.4, 0.5) is 0 Å². The topological polar surface area (TPSA) is 65.9 Å². The number of carbonyl (C=O) groups is 1. The van der Waals surface area contributed by atoms with Crippen LogP contribution in [0.25, 0.3) is 0 Å². The second kappa shape index (κ2) is 9.05. The number of hydrogen-bond acceptors (Lipinski definition) is 6. The highest BCUT2D eigenvalue weighted by molar-refractivity contribution is 7.09. The minimum Gasteiger partial charge on any atom is -0.395 e. The summed E-state index contributed by atoms with van der Waals surface area (Å²) < 4.78 is 5.35. The molecule has 0 spiro atoms. The van der Waals surface area contributed by atoms with Crippen LogP contribution in [-0.4, -0.2) is 65.3 Å². The van der Waals surface area contributed by atoms with Gasteiger partial charge in [0.15, 0.2) is 0 Å². The van der Waals surface area contributed by atoms with Gasteiger partial charge in [0.1, 0.15) is 10.7 Å². The number of nitrogens with zero attached hydrogens (tertiary/aromatic N) is 3. The minimum absolute atomic E-state index is 0.0661. The molecule has 0 saturated carbocycles. The number of aliphatic hydroxyl groups excluding tert-OH is 1. The van der Waals surface area contributed by atoms with E-state index in [9.17, 15) is 9.90 Å². The molecule has 1 N–H and O–H groups in total. The number of aromatic nitrogens is 1. The number of amides is 1. The molecule has 0 atom stereocenters. The molecule has 7 heteroatoms. The molecular weight excluding hydrogens is 338 g/mol. The van der Waals surface area contributed by atoms with Gasteiger partial charge in [-0.25, -0.2) is 4.98 Å². The fourth-order valence-electron chi connectivity index (χ4n) is 2.77. The van der Waals surface area contributed by atoms with E-state index in [1.807, 2.05) is 35.7 Å². The summed E-state index contributed by atoms with van der Waals surface area (Å²) in [6.45, 7) is 4.74. The van der Waals surface area contributed by atoms with Crippen LogP contribution >= 0.6 is 11.3 Å². The van der Waals surface area contributed by atoms with Crippen LogP contribution in [0, 0.1) is 0 Å². The van der Waals surface area contributed by atoms with Crippen molar-refractivity contribution in [2.24, 2.45) is 0 Å². The van der Waals surface area contributed by atoms with E-state index in [1.54, 1.807) is 4.90 Å². The highest BCUT2D eigenvalue weighted by Gasteiger charge is 2.20. The van der Waals surface area contributed by atoms with Crippen LogP contribution in [0.5, 0.6) is 0 Å². The van der Waals surface area contributed by atoms with Gasteiger partial charge >= 0.3 is 0 Å². The van der Waals surface area contributed by atoms with Gasteiger partial charge in [-0.15, -0.1) is 11.3 Å². The van der Waals surface area contributed by atoms with E-state index in [2.05, 4.69) is 9.88 Å². The third-order valence-corrected chi connectivity index (χ3v) is 4.94. The van der Waals surface area contributed by atoms with Crippen molar-refractivity contribution >= 4 is 17.2 Å². The molecule has 0 bridgehead atoms. The summed E-state index contributed by atoms with van der Waals surface area (Å²) in [7, 11) is 0. The number of benzene rings is 1. The summed E-state index contributed by atoms with van der Waals surface area (Å²) in [6.07, 6.45) is 0. The number of carbonyl (C=O) groups excluding carboxylic acids is 1. The molecule has 1 aliphatic rings. The molecule has 3 rings (SSSR count). The highest BCUT2D eigenvalue weighted by atomic mass is 32.1. The predicted octanol–water partition coefficient (Wildman–Crippen LogP) is 1.61. The lowest BCUT2D eigenvalue weighted by Gasteiger charge is -2.25. The van der Waals surface area contributed by atoms with Crippen LogP contribution in [0.1, 0.15) is 21.1 Å². The number of rotatable bonds is 7. The Morgan fingerprint density at radius 2 is 2.04 bits per heavy atom. The summed E-state index contributed by atoms with van der Waals surface area (Å²) in [5.74, 6) is -0.137. The van der Waals surface area contributed by atoms with Crippen molar-refractivity contribution in [1.82, 2.24) is 14.8 Å². The van der Waals surface area contributed by atoms with Crippen molar-refractivity contribution in [2.45, 2.75) is 13.1 Å². The Bertz CT molecular complexity index is 671. The second-order valence-electron chi connectivity index (χ2n) is 5.95. The number of ether oxygens (including phenoxy) is 1. The van der Waals surface area contributed by atoms with E-state index in [-0.39, 0.29) is 12.5 Å². The fourth-order valence-corrected chi connectivity index (χ4v) is 3.58. The Balaban J connectivity index is 1.65. The van der Waals surface area contributed by atoms with Crippen molar-refractivity contribution in [3.8, 4) is 0 Å². The summed E-state index contributed by atoms with van der Waals surface area (Å²) in [6, 6.07) is 9.78. The van der Waals surface area contributed by atoms with Gasteiger partial charge in [0.2, 0.25) is 0 Å². The Morgan fingerprint density at radius 3 is 2.76 bits per heavy atom. The summed E-state index contributed by atoms with van der Waals surface area (Å²) in [4.78, 5) is 21.2. The molecule has 2 heterocycles. The third kappa shape index (κ3) is 5.09. The van der Waals surface area contributed by atoms with Crippen molar-refractivity contribution in [2.75, 3.05) is 39.5 Å². The quantitative estimate of drug-likeness (QED) is 0.812. The molecule has 0 radical (unpaired) electrons. The lowest BCUT2D eigenvalue weighted by Crippen LogP contribution is -2.35. The molecule has 0 unspecified atom stereocenters. The first-order valence-corrected chi connectivity index (χ1v) is 9.33. The Morgan fingerprint density at radius 1 is 1.28 bits per heavy atom. The van der Waals surface area contributed by atoms with Gasteiger partial charge in [-0.1, -0.05) is 30.3 Å². The number of thiazole rings is 1. The Hall–Kier alpha value is -1.80. The van der Waals surface area contributed by atoms with Crippen molar-refractivity contribution in [3.63, 3.8) is 0 Å². The van der Waals surface area contributed by atoms with Gasteiger partial charge in [-0.05, 0) is 5.56 Å². The van der Waals surface area contributed by atoms with E-state index in [0.29, 0.717) is 18.8 Å². The molecule has 1 aromatic heterocycles. The van der Waals surface area contributed by atoms with Crippen molar-refractivity contribution < 1.29 is 14.6 Å². The first-order chi connectivity index (χ1) is 12.3. The van der Waals surface area contributed by atoms with Gasteiger partial charge < -0.3 is 14.7 Å². The van der Waals surface area contributed by atoms with Gasteiger partial charge in [0.05, 0.1) is 26.4 Å². The van der Waals surface area contributed by atoms with E-state index in [4.69, 9.17) is 4.74 Å². The van der Waals surface area contributed by atoms with Crippen LogP contribution in [0.3, 0.4) is 0 Å². The van der Waals surface area contributed by atoms with E-state index in [0.717, 1.165) is 43.4 Å². The molecule has 0 aliphatic carbocycles. The Kier molecular flexibility index (Phi) is 6.52. The molecule has 134 valence electrons. The first kappa shape index (κ1) is 18.0. The molecule has 1 aromatic carbocycles. The van der Waals surface area contributed by atoms with E-state index < -0.39 is 0 Å². The minimum atomic E-state index is -0.137. The van der Waals surface area contributed by atoms with Crippen LogP contribution in [0.15, 0.2) is 35.7 Å². The molecular formula is C18H23N3O3S. The molecule has 1 saturated heterocycles. The normalized spacial score (nSPS) is 15.2. The Labute approximate surface area is 151 Å². The SMILES string of the molecule is O=C(c1csc(CN2CCOCC2)n1)N(CCO)Cc1ccccc1. The average molecular weight is 361 g/mol. The van der Waals surface area contributed by atoms with Gasteiger partial charge in [-0.2, -0.15) is 0 Å². The highest BCUT2D eigenvalue weighted by Crippen LogP contribution is 2.16. The summed E-state index contributed by atoms with van der Waals surface area (Å²) in [5.41, 5.74) is 1.49. The van der Waals surface area contributed by atoms with Crippen LogP contribution in [0.2, 0.25) is 0 Å². The van der Waals surface area contributed by atoms with Gasteiger partial charge in [0, 0.05) is 31.6 Å². The molecule has 2 aromatic rings. The molecule has 25 heavy (non-hydrogen) atoms. The zero-order valence-corrected chi connectivity index (χ0v) is 15.0. The van der Waals surface area contributed by atoms with Crippen molar-refractivity contribution in [3.05, 3.63) is 52.0 Å². The number of aliphatic hydroxyl groups is 1. The lowest BCUT2D eigenvalue weighted by molar-refractivity contribution is 0.0341. The second-order valence-corrected chi connectivity index (χ2v) is 6.89.